The van der Waals surface area contributed by atoms with Crippen molar-refractivity contribution in [3.8, 4) is 17.4 Å². The van der Waals surface area contributed by atoms with E-state index in [0.29, 0.717) is 15.7 Å². The number of aromatic amines is 1. The first-order chi connectivity index (χ1) is 10.0. The fourth-order valence-corrected chi connectivity index (χ4v) is 2.98. The molecule has 108 valence electrons. The zero-order chi connectivity index (χ0) is 15.0. The topological polar surface area (TPSA) is 87.0 Å². The Morgan fingerprint density at radius 2 is 1.81 bits per heavy atom. The molecule has 0 spiro atoms. The Kier molecular flexibility index (Phi) is 3.34. The van der Waals surface area contributed by atoms with Gasteiger partial charge in [0, 0.05) is 6.07 Å². The first kappa shape index (κ1) is 13.6. The summed E-state index contributed by atoms with van der Waals surface area (Å²) in [6.07, 6.45) is 1.39. The van der Waals surface area contributed by atoms with E-state index in [1.54, 1.807) is 0 Å². The fourth-order valence-electron chi connectivity index (χ4n) is 2.22. The van der Waals surface area contributed by atoms with E-state index in [-0.39, 0.29) is 11.8 Å². The lowest BCUT2D eigenvalue weighted by Crippen LogP contribution is -1.94. The van der Waals surface area contributed by atoms with E-state index in [1.807, 2.05) is 32.0 Å². The van der Waals surface area contributed by atoms with Crippen molar-refractivity contribution in [3.05, 3.63) is 41.7 Å². The zero-order valence-corrected chi connectivity index (χ0v) is 12.3. The molecule has 0 unspecified atom stereocenters. The highest BCUT2D eigenvalue weighted by atomic mass is 32.2. The molecule has 0 saturated heterocycles. The van der Waals surface area contributed by atoms with Gasteiger partial charge in [-0.05, 0) is 48.9 Å². The van der Waals surface area contributed by atoms with Gasteiger partial charge >= 0.3 is 0 Å². The number of benzene rings is 1. The molecular formula is C14H14N4O2S. The van der Waals surface area contributed by atoms with Crippen LogP contribution < -0.4 is 0 Å². The summed E-state index contributed by atoms with van der Waals surface area (Å²) >= 11 is 1.20. The van der Waals surface area contributed by atoms with Crippen molar-refractivity contribution in [1.82, 2.24) is 19.7 Å². The van der Waals surface area contributed by atoms with Gasteiger partial charge < -0.3 is 10.2 Å². The predicted octanol–water partition coefficient (Wildman–Crippen LogP) is 2.77. The van der Waals surface area contributed by atoms with Gasteiger partial charge in [0.1, 0.15) is 6.33 Å². The number of rotatable bonds is 3. The third kappa shape index (κ3) is 2.59. The maximum Gasteiger partial charge on any atom is 0.213 e. The first-order valence-corrected chi connectivity index (χ1v) is 7.12. The Balaban J connectivity index is 2.05. The molecule has 0 bridgehead atoms. The van der Waals surface area contributed by atoms with Gasteiger partial charge in [-0.25, -0.2) is 4.98 Å². The maximum absolute atomic E-state index is 10.4. The van der Waals surface area contributed by atoms with Gasteiger partial charge in [-0.3, -0.25) is 9.67 Å². The van der Waals surface area contributed by atoms with Crippen molar-refractivity contribution >= 4 is 11.8 Å². The van der Waals surface area contributed by atoms with Gasteiger partial charge in [-0.15, -0.1) is 0 Å². The molecule has 0 saturated carbocycles. The summed E-state index contributed by atoms with van der Waals surface area (Å²) in [5.41, 5.74) is 2.83. The molecule has 0 aliphatic rings. The molecule has 0 fully saturated rings. The van der Waals surface area contributed by atoms with Gasteiger partial charge in [0.25, 0.3) is 0 Å². The molecule has 0 aliphatic heterocycles. The lowest BCUT2D eigenvalue weighted by Gasteiger charge is -2.09. The Bertz CT molecular complexity index is 760. The summed E-state index contributed by atoms with van der Waals surface area (Å²) in [7, 11) is 0. The van der Waals surface area contributed by atoms with E-state index in [4.69, 9.17) is 0 Å². The van der Waals surface area contributed by atoms with Crippen molar-refractivity contribution < 1.29 is 10.2 Å². The molecule has 7 heteroatoms. The molecule has 0 atom stereocenters. The number of nitrogens with one attached hydrogen (secondary N) is 1. The summed E-state index contributed by atoms with van der Waals surface area (Å²) in [5.74, 6) is -0.0570. The SMILES string of the molecule is Cc1cc(C)cc(-n2c(O)cc(Sc3ncn[nH]3)c2O)c1. The van der Waals surface area contributed by atoms with Crippen LogP contribution in [0.2, 0.25) is 0 Å². The number of nitrogens with zero attached hydrogens (tertiary/aromatic N) is 3. The third-order valence-electron chi connectivity index (χ3n) is 2.99. The van der Waals surface area contributed by atoms with Crippen LogP contribution in [0.5, 0.6) is 11.8 Å². The lowest BCUT2D eigenvalue weighted by molar-refractivity contribution is 0.398. The molecule has 6 nitrogen and oxygen atoms in total. The molecule has 21 heavy (non-hydrogen) atoms. The second kappa shape index (κ2) is 5.17. The molecule has 3 aromatic rings. The molecule has 1 aromatic carbocycles. The number of aryl methyl sites for hydroxylation is 2. The zero-order valence-electron chi connectivity index (χ0n) is 11.5. The summed E-state index contributed by atoms with van der Waals surface area (Å²) in [4.78, 5) is 4.49. The van der Waals surface area contributed by atoms with E-state index in [1.165, 1.54) is 28.7 Å². The van der Waals surface area contributed by atoms with Crippen LogP contribution in [0, 0.1) is 13.8 Å². The smallest absolute Gasteiger partial charge is 0.213 e. The van der Waals surface area contributed by atoms with Crippen molar-refractivity contribution in [2.75, 3.05) is 0 Å². The highest BCUT2D eigenvalue weighted by Gasteiger charge is 2.17. The standard InChI is InChI=1S/C14H14N4O2S/c1-8-3-9(2)5-10(4-8)18-12(19)6-11(13(18)20)21-14-15-7-16-17-14/h3-7,19-20H,1-2H3,(H,15,16,17). The van der Waals surface area contributed by atoms with Crippen LogP contribution >= 0.6 is 11.8 Å². The van der Waals surface area contributed by atoms with Crippen LogP contribution in [0.15, 0.2) is 40.6 Å². The molecule has 3 N–H and O–H groups in total. The van der Waals surface area contributed by atoms with E-state index in [0.717, 1.165) is 11.1 Å². The first-order valence-electron chi connectivity index (χ1n) is 6.30. The van der Waals surface area contributed by atoms with Crippen molar-refractivity contribution in [1.29, 1.82) is 0 Å². The van der Waals surface area contributed by atoms with Gasteiger partial charge in [0.05, 0.1) is 10.6 Å². The Labute approximate surface area is 125 Å². The van der Waals surface area contributed by atoms with Crippen LogP contribution in [0.1, 0.15) is 11.1 Å². The summed E-state index contributed by atoms with van der Waals surface area (Å²) in [6.45, 7) is 3.94. The van der Waals surface area contributed by atoms with E-state index in [9.17, 15) is 10.2 Å². The number of H-pyrrole nitrogens is 1. The minimum Gasteiger partial charge on any atom is -0.494 e. The second-order valence-electron chi connectivity index (χ2n) is 4.76. The number of hydrogen-bond acceptors (Lipinski definition) is 5. The van der Waals surface area contributed by atoms with Crippen LogP contribution in [0.4, 0.5) is 0 Å². The molecule has 0 amide bonds. The quantitative estimate of drug-likeness (QED) is 0.692. The van der Waals surface area contributed by atoms with Crippen molar-refractivity contribution in [2.24, 2.45) is 0 Å². The number of aromatic hydroxyl groups is 2. The largest absolute Gasteiger partial charge is 0.494 e. The normalized spacial score (nSPS) is 11.0. The van der Waals surface area contributed by atoms with Gasteiger partial charge in [-0.1, -0.05) is 6.07 Å². The molecule has 0 radical (unpaired) electrons. The van der Waals surface area contributed by atoms with Gasteiger partial charge in [-0.2, -0.15) is 5.10 Å². The highest BCUT2D eigenvalue weighted by molar-refractivity contribution is 7.99. The van der Waals surface area contributed by atoms with Gasteiger partial charge in [0.15, 0.2) is 11.0 Å². The Hall–Kier alpha value is -2.41. The fraction of sp³-hybridized carbons (Fsp3) is 0.143. The second-order valence-corrected chi connectivity index (χ2v) is 5.80. The Morgan fingerprint density at radius 1 is 1.10 bits per heavy atom. The molecular weight excluding hydrogens is 288 g/mol. The summed E-state index contributed by atoms with van der Waals surface area (Å²) in [6, 6.07) is 7.33. The number of hydrogen-bond donors (Lipinski definition) is 3. The molecule has 0 aliphatic carbocycles. The van der Waals surface area contributed by atoms with E-state index < -0.39 is 0 Å². The monoisotopic (exact) mass is 302 g/mol. The van der Waals surface area contributed by atoms with E-state index >= 15 is 0 Å². The molecule has 2 aromatic heterocycles. The van der Waals surface area contributed by atoms with E-state index in [2.05, 4.69) is 15.2 Å². The average molecular weight is 302 g/mol. The predicted molar refractivity (Wildman–Crippen MR) is 79.1 cm³/mol. The minimum absolute atomic E-state index is 0.0282. The number of aromatic nitrogens is 4. The summed E-state index contributed by atoms with van der Waals surface area (Å²) in [5, 5.41) is 27.5. The maximum atomic E-state index is 10.4. The lowest BCUT2D eigenvalue weighted by atomic mass is 10.1. The van der Waals surface area contributed by atoms with Crippen LogP contribution in [-0.2, 0) is 0 Å². The minimum atomic E-state index is -0.0288. The van der Waals surface area contributed by atoms with Crippen molar-refractivity contribution in [3.63, 3.8) is 0 Å². The molecule has 2 heterocycles. The van der Waals surface area contributed by atoms with Crippen molar-refractivity contribution in [2.45, 2.75) is 23.9 Å². The molecule has 3 rings (SSSR count). The summed E-state index contributed by atoms with van der Waals surface area (Å²) < 4.78 is 1.40. The third-order valence-corrected chi connectivity index (χ3v) is 3.90. The Morgan fingerprint density at radius 3 is 2.43 bits per heavy atom. The van der Waals surface area contributed by atoms with Crippen LogP contribution in [0.25, 0.3) is 5.69 Å². The van der Waals surface area contributed by atoms with Crippen LogP contribution in [-0.4, -0.2) is 30.0 Å². The highest BCUT2D eigenvalue weighted by Crippen LogP contribution is 2.40. The van der Waals surface area contributed by atoms with Gasteiger partial charge in [0.2, 0.25) is 5.88 Å². The van der Waals surface area contributed by atoms with Crippen LogP contribution in [0.3, 0.4) is 0 Å². The average Bonchev–Trinajstić information content (AvgIpc) is 2.98.